The highest BCUT2D eigenvalue weighted by Gasteiger charge is 2.18. The summed E-state index contributed by atoms with van der Waals surface area (Å²) in [6.45, 7) is 8.09. The van der Waals surface area contributed by atoms with Crippen LogP contribution in [-0.4, -0.2) is 64.9 Å². The second-order valence-corrected chi connectivity index (χ2v) is 6.27. The van der Waals surface area contributed by atoms with E-state index in [2.05, 4.69) is 42.6 Å². The minimum atomic E-state index is 0. The van der Waals surface area contributed by atoms with E-state index in [1.165, 1.54) is 0 Å². The van der Waals surface area contributed by atoms with Crippen LogP contribution in [0.2, 0.25) is 0 Å². The monoisotopic (exact) mass is 492 g/mol. The van der Waals surface area contributed by atoms with E-state index in [0.29, 0.717) is 6.54 Å². The highest BCUT2D eigenvalue weighted by molar-refractivity contribution is 14.0. The molecule has 1 aromatic rings. The third-order valence-electron chi connectivity index (χ3n) is 4.10. The van der Waals surface area contributed by atoms with Crippen LogP contribution in [0.15, 0.2) is 29.3 Å². The molecule has 1 unspecified atom stereocenters. The minimum Gasteiger partial charge on any atom is -0.496 e. The minimum absolute atomic E-state index is 0. The van der Waals surface area contributed by atoms with Crippen LogP contribution in [0, 0.1) is 0 Å². The van der Waals surface area contributed by atoms with Gasteiger partial charge in [0.15, 0.2) is 5.96 Å². The van der Waals surface area contributed by atoms with Crippen LogP contribution in [0.4, 0.5) is 0 Å². The van der Waals surface area contributed by atoms with Gasteiger partial charge in [-0.05, 0) is 46.9 Å². The van der Waals surface area contributed by atoms with Gasteiger partial charge in [0.05, 0.1) is 19.7 Å². The van der Waals surface area contributed by atoms with E-state index in [4.69, 9.17) is 14.5 Å². The molecule has 0 aromatic heterocycles. The van der Waals surface area contributed by atoms with Crippen LogP contribution in [-0.2, 0) is 4.74 Å². The van der Waals surface area contributed by atoms with E-state index in [9.17, 15) is 0 Å². The fraction of sp³-hybridized carbons (Fsp3) is 0.650. The first kappa shape index (κ1) is 25.9. The first-order valence-electron chi connectivity index (χ1n) is 9.53. The molecule has 0 aliphatic carbocycles. The Hall–Kier alpha value is -1.06. The molecule has 0 heterocycles. The van der Waals surface area contributed by atoms with Gasteiger partial charge in [0.2, 0.25) is 0 Å². The summed E-state index contributed by atoms with van der Waals surface area (Å²) in [5.41, 5.74) is 1.15. The topological polar surface area (TPSA) is 58.1 Å². The number of nitrogens with one attached hydrogen (secondary N) is 2. The van der Waals surface area contributed by atoms with E-state index in [0.717, 1.165) is 56.4 Å². The number of methoxy groups -OCH3 is 1. The largest absolute Gasteiger partial charge is 0.496 e. The van der Waals surface area contributed by atoms with E-state index < -0.39 is 0 Å². The summed E-state index contributed by atoms with van der Waals surface area (Å²) in [7, 11) is 5.85. The number of rotatable bonds is 12. The number of hydrogen-bond donors (Lipinski definition) is 2. The van der Waals surface area contributed by atoms with Crippen molar-refractivity contribution in [1.82, 2.24) is 15.5 Å². The first-order valence-corrected chi connectivity index (χ1v) is 9.53. The van der Waals surface area contributed by atoms with Gasteiger partial charge in [0, 0.05) is 31.9 Å². The number of benzene rings is 1. The van der Waals surface area contributed by atoms with Crippen molar-refractivity contribution in [2.45, 2.75) is 32.7 Å². The van der Waals surface area contributed by atoms with Crippen LogP contribution in [0.1, 0.15) is 38.3 Å². The Morgan fingerprint density at radius 3 is 2.52 bits per heavy atom. The number of halogens is 1. The standard InChI is InChI=1S/C20H36N4O2.HI/c1-6-21-20(22-14-10-11-15-26-7-2)23-16-18(24(3)4)17-12-8-9-13-19(17)25-5;/h8-9,12-13,18H,6-7,10-11,14-16H2,1-5H3,(H2,21,22,23);1H. The summed E-state index contributed by atoms with van der Waals surface area (Å²) in [5.74, 6) is 1.75. The maximum Gasteiger partial charge on any atom is 0.191 e. The number of guanidine groups is 1. The summed E-state index contributed by atoms with van der Waals surface area (Å²) in [5, 5.41) is 6.72. The van der Waals surface area contributed by atoms with Crippen molar-refractivity contribution in [3.05, 3.63) is 29.8 Å². The smallest absolute Gasteiger partial charge is 0.191 e. The van der Waals surface area contributed by atoms with Crippen LogP contribution >= 0.6 is 24.0 Å². The maximum atomic E-state index is 5.52. The Labute approximate surface area is 182 Å². The summed E-state index contributed by atoms with van der Waals surface area (Å²) >= 11 is 0. The van der Waals surface area contributed by atoms with Crippen LogP contribution in [0.5, 0.6) is 5.75 Å². The number of para-hydroxylation sites is 1. The fourth-order valence-corrected chi connectivity index (χ4v) is 2.68. The lowest BCUT2D eigenvalue weighted by Gasteiger charge is -2.25. The molecule has 1 rings (SSSR count). The Morgan fingerprint density at radius 2 is 1.89 bits per heavy atom. The van der Waals surface area contributed by atoms with Gasteiger partial charge in [-0.1, -0.05) is 18.2 Å². The van der Waals surface area contributed by atoms with Crippen molar-refractivity contribution in [2.75, 3.05) is 54.1 Å². The third-order valence-corrected chi connectivity index (χ3v) is 4.10. The summed E-state index contributed by atoms with van der Waals surface area (Å²) in [4.78, 5) is 6.96. The summed E-state index contributed by atoms with van der Waals surface area (Å²) in [6, 6.07) is 8.29. The molecule has 0 fully saturated rings. The van der Waals surface area contributed by atoms with Crippen molar-refractivity contribution in [1.29, 1.82) is 0 Å². The highest BCUT2D eigenvalue weighted by atomic mass is 127. The Balaban J connectivity index is 0.00000676. The fourth-order valence-electron chi connectivity index (χ4n) is 2.68. The van der Waals surface area contributed by atoms with E-state index >= 15 is 0 Å². The zero-order chi connectivity index (χ0) is 19.2. The molecule has 27 heavy (non-hydrogen) atoms. The summed E-state index contributed by atoms with van der Waals surface area (Å²) in [6.07, 6.45) is 2.12. The van der Waals surface area contributed by atoms with E-state index in [1.54, 1.807) is 7.11 Å². The van der Waals surface area contributed by atoms with Gasteiger partial charge < -0.3 is 25.0 Å². The molecular formula is C20H37IN4O2. The zero-order valence-electron chi connectivity index (χ0n) is 17.5. The van der Waals surface area contributed by atoms with Crippen molar-refractivity contribution < 1.29 is 9.47 Å². The van der Waals surface area contributed by atoms with Gasteiger partial charge in [0.25, 0.3) is 0 Å². The zero-order valence-corrected chi connectivity index (χ0v) is 19.8. The second-order valence-electron chi connectivity index (χ2n) is 6.27. The first-order chi connectivity index (χ1) is 12.6. The average Bonchev–Trinajstić information content (AvgIpc) is 2.64. The number of ether oxygens (including phenoxy) is 2. The van der Waals surface area contributed by atoms with Crippen LogP contribution in [0.25, 0.3) is 0 Å². The molecule has 0 spiro atoms. The molecule has 0 amide bonds. The molecule has 0 bridgehead atoms. The molecule has 1 aromatic carbocycles. The van der Waals surface area contributed by atoms with E-state index in [-0.39, 0.29) is 30.0 Å². The van der Waals surface area contributed by atoms with Crippen molar-refractivity contribution in [3.8, 4) is 5.75 Å². The number of likely N-dealkylation sites (N-methyl/N-ethyl adjacent to an activating group) is 1. The molecule has 0 radical (unpaired) electrons. The van der Waals surface area contributed by atoms with Gasteiger partial charge in [-0.15, -0.1) is 24.0 Å². The van der Waals surface area contributed by atoms with Gasteiger partial charge in [-0.3, -0.25) is 4.99 Å². The van der Waals surface area contributed by atoms with Crippen molar-refractivity contribution in [2.24, 2.45) is 4.99 Å². The van der Waals surface area contributed by atoms with Gasteiger partial charge >= 0.3 is 0 Å². The predicted octanol–water partition coefficient (Wildman–Crippen LogP) is 3.29. The van der Waals surface area contributed by atoms with Gasteiger partial charge in [0.1, 0.15) is 5.75 Å². The highest BCUT2D eigenvalue weighted by Crippen LogP contribution is 2.28. The number of aliphatic imine (C=N–C) groups is 1. The van der Waals surface area contributed by atoms with Crippen molar-refractivity contribution in [3.63, 3.8) is 0 Å². The average molecular weight is 492 g/mol. The molecule has 0 saturated heterocycles. The molecule has 0 aliphatic heterocycles. The number of hydrogen-bond acceptors (Lipinski definition) is 4. The SMILES string of the molecule is CCNC(=NCC(c1ccccc1OC)N(C)C)NCCCCOCC.I. The lowest BCUT2D eigenvalue weighted by molar-refractivity contribution is 0.143. The quantitative estimate of drug-likeness (QED) is 0.203. The Kier molecular flexibility index (Phi) is 15.3. The molecule has 1 atom stereocenters. The molecule has 6 nitrogen and oxygen atoms in total. The molecule has 7 heteroatoms. The molecule has 2 N–H and O–H groups in total. The summed E-state index contributed by atoms with van der Waals surface area (Å²) < 4.78 is 10.9. The molecule has 0 aliphatic rings. The lowest BCUT2D eigenvalue weighted by Crippen LogP contribution is -2.38. The molecular weight excluding hydrogens is 455 g/mol. The van der Waals surface area contributed by atoms with Crippen LogP contribution < -0.4 is 15.4 Å². The second kappa shape index (κ2) is 15.9. The van der Waals surface area contributed by atoms with Gasteiger partial charge in [-0.2, -0.15) is 0 Å². The molecule has 156 valence electrons. The van der Waals surface area contributed by atoms with E-state index in [1.807, 2.05) is 25.1 Å². The van der Waals surface area contributed by atoms with Crippen molar-refractivity contribution >= 4 is 29.9 Å². The molecule has 0 saturated carbocycles. The Bertz CT molecular complexity index is 526. The lowest BCUT2D eigenvalue weighted by atomic mass is 10.0. The van der Waals surface area contributed by atoms with Gasteiger partial charge in [-0.25, -0.2) is 0 Å². The normalized spacial score (nSPS) is 12.4. The number of nitrogens with zero attached hydrogens (tertiary/aromatic N) is 2. The third kappa shape index (κ3) is 10.2. The Morgan fingerprint density at radius 1 is 1.15 bits per heavy atom. The maximum absolute atomic E-state index is 5.52. The number of unbranched alkanes of at least 4 members (excludes halogenated alkanes) is 1. The predicted molar refractivity (Wildman–Crippen MR) is 125 cm³/mol. The van der Waals surface area contributed by atoms with Crippen LogP contribution in [0.3, 0.4) is 0 Å².